The second-order valence-electron chi connectivity index (χ2n) is 5.26. The van der Waals surface area contributed by atoms with Gasteiger partial charge in [0, 0.05) is 10.0 Å². The smallest absolute Gasteiger partial charge is 0.273 e. The van der Waals surface area contributed by atoms with Gasteiger partial charge in [0.2, 0.25) is 0 Å². The number of aliphatic hydroxyl groups excluding tert-OH is 1. The highest BCUT2D eigenvalue weighted by atomic mass is 79.9. The van der Waals surface area contributed by atoms with E-state index in [4.69, 9.17) is 4.42 Å². The molecule has 25 heavy (non-hydrogen) atoms. The maximum atomic E-state index is 11.9. The van der Waals surface area contributed by atoms with Crippen LogP contribution in [0.15, 0.2) is 80.7 Å². The predicted octanol–water partition coefficient (Wildman–Crippen LogP) is 3.89. The number of amides is 1. The van der Waals surface area contributed by atoms with Crippen LogP contribution in [0.2, 0.25) is 0 Å². The molecule has 0 saturated heterocycles. The van der Waals surface area contributed by atoms with Crippen molar-refractivity contribution >= 4 is 28.1 Å². The van der Waals surface area contributed by atoms with Gasteiger partial charge in [-0.25, -0.2) is 5.43 Å². The standard InChI is InChI=1S/C19H15BrN2O3/c20-15-8-6-13(7-9-15)17-11-10-16(25-17)12-21-22-19(24)18(23)14-4-2-1-3-5-14/h1-12,18,23H,(H,22,24)/b21-12-/t18-/m0/s1. The molecule has 0 aliphatic rings. The van der Waals surface area contributed by atoms with Crippen LogP contribution >= 0.6 is 15.9 Å². The molecule has 0 bridgehead atoms. The summed E-state index contributed by atoms with van der Waals surface area (Å²) >= 11 is 3.39. The summed E-state index contributed by atoms with van der Waals surface area (Å²) in [5, 5.41) is 13.8. The summed E-state index contributed by atoms with van der Waals surface area (Å²) in [6.07, 6.45) is 0.117. The summed E-state index contributed by atoms with van der Waals surface area (Å²) in [4.78, 5) is 11.9. The number of hydrogen-bond donors (Lipinski definition) is 2. The van der Waals surface area contributed by atoms with Crippen molar-refractivity contribution in [3.05, 3.63) is 82.5 Å². The van der Waals surface area contributed by atoms with Crippen LogP contribution in [0.1, 0.15) is 17.4 Å². The van der Waals surface area contributed by atoms with E-state index < -0.39 is 12.0 Å². The van der Waals surface area contributed by atoms with Gasteiger partial charge in [-0.2, -0.15) is 5.10 Å². The number of carbonyl (C=O) groups is 1. The summed E-state index contributed by atoms with van der Waals surface area (Å²) in [5.41, 5.74) is 3.74. The molecule has 0 radical (unpaired) electrons. The Labute approximate surface area is 153 Å². The van der Waals surface area contributed by atoms with E-state index in [1.165, 1.54) is 6.21 Å². The number of benzene rings is 2. The second kappa shape index (κ2) is 7.92. The average Bonchev–Trinajstić information content (AvgIpc) is 3.11. The Morgan fingerprint density at radius 3 is 2.52 bits per heavy atom. The molecule has 0 unspecified atom stereocenters. The van der Waals surface area contributed by atoms with Gasteiger partial charge in [-0.15, -0.1) is 0 Å². The van der Waals surface area contributed by atoms with Crippen LogP contribution in [0, 0.1) is 0 Å². The molecule has 0 spiro atoms. The highest BCUT2D eigenvalue weighted by Gasteiger charge is 2.16. The van der Waals surface area contributed by atoms with Crippen LogP contribution in [-0.2, 0) is 4.79 Å². The largest absolute Gasteiger partial charge is 0.455 e. The normalized spacial score (nSPS) is 12.2. The van der Waals surface area contributed by atoms with Crippen LogP contribution in [0.25, 0.3) is 11.3 Å². The van der Waals surface area contributed by atoms with Crippen molar-refractivity contribution in [2.45, 2.75) is 6.10 Å². The van der Waals surface area contributed by atoms with Gasteiger partial charge in [-0.1, -0.05) is 58.4 Å². The molecular weight excluding hydrogens is 384 g/mol. The summed E-state index contributed by atoms with van der Waals surface area (Å²) in [7, 11) is 0. The lowest BCUT2D eigenvalue weighted by molar-refractivity contribution is -0.129. The molecule has 1 amide bonds. The van der Waals surface area contributed by atoms with Gasteiger partial charge >= 0.3 is 0 Å². The predicted molar refractivity (Wildman–Crippen MR) is 99.0 cm³/mol. The van der Waals surface area contributed by atoms with E-state index in [1.54, 1.807) is 30.3 Å². The van der Waals surface area contributed by atoms with E-state index in [9.17, 15) is 9.90 Å². The number of carbonyl (C=O) groups excluding carboxylic acids is 1. The Morgan fingerprint density at radius 2 is 1.80 bits per heavy atom. The summed E-state index contributed by atoms with van der Waals surface area (Å²) in [6, 6.07) is 20.0. The summed E-state index contributed by atoms with van der Waals surface area (Å²) in [5.74, 6) is 0.583. The lowest BCUT2D eigenvalue weighted by Gasteiger charge is -2.08. The minimum atomic E-state index is -1.27. The third kappa shape index (κ3) is 4.43. The molecule has 6 heteroatoms. The van der Waals surface area contributed by atoms with E-state index in [-0.39, 0.29) is 0 Å². The molecule has 3 rings (SSSR count). The first kappa shape index (κ1) is 17.1. The van der Waals surface area contributed by atoms with Crippen LogP contribution in [-0.4, -0.2) is 17.2 Å². The van der Waals surface area contributed by atoms with Crippen molar-refractivity contribution in [3.8, 4) is 11.3 Å². The van der Waals surface area contributed by atoms with Gasteiger partial charge in [0.1, 0.15) is 11.5 Å². The molecular formula is C19H15BrN2O3. The van der Waals surface area contributed by atoms with E-state index in [0.29, 0.717) is 17.1 Å². The van der Waals surface area contributed by atoms with Crippen LogP contribution in [0.3, 0.4) is 0 Å². The van der Waals surface area contributed by atoms with Crippen molar-refractivity contribution in [1.82, 2.24) is 5.43 Å². The van der Waals surface area contributed by atoms with Crippen LogP contribution in [0.5, 0.6) is 0 Å². The molecule has 0 fully saturated rings. The molecule has 0 aliphatic carbocycles. The third-order valence-corrected chi connectivity index (χ3v) is 4.01. The number of furan rings is 1. The number of rotatable bonds is 5. The fraction of sp³-hybridized carbons (Fsp3) is 0.0526. The number of halogens is 1. The Bertz CT molecular complexity index is 873. The summed E-state index contributed by atoms with van der Waals surface area (Å²) in [6.45, 7) is 0. The zero-order valence-electron chi connectivity index (χ0n) is 13.1. The summed E-state index contributed by atoms with van der Waals surface area (Å²) < 4.78 is 6.65. The van der Waals surface area contributed by atoms with E-state index >= 15 is 0 Å². The van der Waals surface area contributed by atoms with Crippen molar-refractivity contribution in [3.63, 3.8) is 0 Å². The third-order valence-electron chi connectivity index (χ3n) is 3.49. The van der Waals surface area contributed by atoms with E-state index in [1.807, 2.05) is 36.4 Å². The average molecular weight is 399 g/mol. The number of aliphatic hydroxyl groups is 1. The maximum Gasteiger partial charge on any atom is 0.273 e. The minimum Gasteiger partial charge on any atom is -0.455 e. The highest BCUT2D eigenvalue weighted by Crippen LogP contribution is 2.23. The second-order valence-corrected chi connectivity index (χ2v) is 6.17. The molecule has 0 aliphatic heterocycles. The Hall–Kier alpha value is -2.70. The monoisotopic (exact) mass is 398 g/mol. The number of hydrazone groups is 1. The minimum absolute atomic E-state index is 0.493. The quantitative estimate of drug-likeness (QED) is 0.505. The van der Waals surface area contributed by atoms with Gasteiger partial charge in [-0.3, -0.25) is 4.79 Å². The fourth-order valence-corrected chi connectivity index (χ4v) is 2.46. The first-order chi connectivity index (χ1) is 12.1. The van der Waals surface area contributed by atoms with Gasteiger partial charge < -0.3 is 9.52 Å². The van der Waals surface area contributed by atoms with Gasteiger partial charge in [0.15, 0.2) is 6.10 Å². The van der Waals surface area contributed by atoms with Crippen LogP contribution in [0.4, 0.5) is 0 Å². The van der Waals surface area contributed by atoms with Gasteiger partial charge in [0.05, 0.1) is 6.21 Å². The number of nitrogens with zero attached hydrogens (tertiary/aromatic N) is 1. The zero-order chi connectivity index (χ0) is 17.6. The van der Waals surface area contributed by atoms with E-state index in [2.05, 4.69) is 26.5 Å². The SMILES string of the molecule is O=C(N/N=C\c1ccc(-c2ccc(Br)cc2)o1)[C@@H](O)c1ccccc1. The molecule has 3 aromatic rings. The molecule has 0 saturated carbocycles. The van der Waals surface area contributed by atoms with Gasteiger partial charge in [-0.05, 0) is 29.8 Å². The van der Waals surface area contributed by atoms with Crippen LogP contribution < -0.4 is 5.43 Å². The van der Waals surface area contributed by atoms with E-state index in [0.717, 1.165) is 10.0 Å². The molecule has 1 heterocycles. The highest BCUT2D eigenvalue weighted by molar-refractivity contribution is 9.10. The molecule has 2 aromatic carbocycles. The number of hydrogen-bond acceptors (Lipinski definition) is 4. The molecule has 2 N–H and O–H groups in total. The lowest BCUT2D eigenvalue weighted by atomic mass is 10.1. The van der Waals surface area contributed by atoms with Crippen molar-refractivity contribution in [1.29, 1.82) is 0 Å². The van der Waals surface area contributed by atoms with Crippen molar-refractivity contribution in [2.24, 2.45) is 5.10 Å². The number of nitrogens with one attached hydrogen (secondary N) is 1. The molecule has 1 aromatic heterocycles. The lowest BCUT2D eigenvalue weighted by Crippen LogP contribution is -2.25. The topological polar surface area (TPSA) is 74.8 Å². The maximum absolute atomic E-state index is 11.9. The Kier molecular flexibility index (Phi) is 5.42. The van der Waals surface area contributed by atoms with Crippen molar-refractivity contribution in [2.75, 3.05) is 0 Å². The molecule has 5 nitrogen and oxygen atoms in total. The fourth-order valence-electron chi connectivity index (χ4n) is 2.20. The first-order valence-electron chi connectivity index (χ1n) is 7.55. The Morgan fingerprint density at radius 1 is 1.08 bits per heavy atom. The van der Waals surface area contributed by atoms with Crippen molar-refractivity contribution < 1.29 is 14.3 Å². The Balaban J connectivity index is 1.61. The zero-order valence-corrected chi connectivity index (χ0v) is 14.7. The molecule has 126 valence electrons. The molecule has 1 atom stereocenters. The van der Waals surface area contributed by atoms with Gasteiger partial charge in [0.25, 0.3) is 5.91 Å². The first-order valence-corrected chi connectivity index (χ1v) is 8.34.